The predicted molar refractivity (Wildman–Crippen MR) is 67.6 cm³/mol. The minimum atomic E-state index is 0.649. The molecule has 2 N–H and O–H groups in total. The van der Waals surface area contributed by atoms with Crippen LogP contribution in [0.2, 0.25) is 0 Å². The molecule has 0 aromatic carbocycles. The zero-order valence-corrected chi connectivity index (χ0v) is 10.6. The summed E-state index contributed by atoms with van der Waals surface area (Å²) in [5, 5.41) is 10.5. The third kappa shape index (κ3) is 2.97. The van der Waals surface area contributed by atoms with E-state index < -0.39 is 0 Å². The maximum Gasteiger partial charge on any atom is 0.152 e. The van der Waals surface area contributed by atoms with Crippen LogP contribution in [0.25, 0.3) is 11.5 Å². The fourth-order valence-electron chi connectivity index (χ4n) is 1.72. The van der Waals surface area contributed by atoms with E-state index in [4.69, 9.17) is 4.42 Å². The first-order valence-electron chi connectivity index (χ1n) is 5.96. The molecule has 0 spiro atoms. The van der Waals surface area contributed by atoms with Crippen molar-refractivity contribution in [3.05, 3.63) is 29.7 Å². The van der Waals surface area contributed by atoms with Crippen molar-refractivity contribution in [2.75, 3.05) is 6.54 Å². The Hall–Kier alpha value is -1.55. The van der Waals surface area contributed by atoms with E-state index in [1.807, 2.05) is 25.3 Å². The summed E-state index contributed by atoms with van der Waals surface area (Å²) in [5.74, 6) is 2.41. The molecule has 2 rings (SSSR count). The molecule has 2 aromatic heterocycles. The van der Waals surface area contributed by atoms with Gasteiger partial charge in [0.25, 0.3) is 0 Å². The van der Waals surface area contributed by atoms with Crippen molar-refractivity contribution < 1.29 is 4.42 Å². The summed E-state index contributed by atoms with van der Waals surface area (Å²) in [5.41, 5.74) is 2.11. The molecule has 0 atom stereocenters. The minimum Gasteiger partial charge on any atom is -0.460 e. The van der Waals surface area contributed by atoms with Gasteiger partial charge in [-0.15, -0.1) is 0 Å². The molecule has 0 bridgehead atoms. The number of aromatic nitrogens is 2. The Kier molecular flexibility index (Phi) is 3.64. The van der Waals surface area contributed by atoms with Crippen LogP contribution in [0.3, 0.4) is 0 Å². The van der Waals surface area contributed by atoms with Crippen LogP contribution in [-0.4, -0.2) is 16.7 Å². The van der Waals surface area contributed by atoms with Gasteiger partial charge in [0.15, 0.2) is 5.76 Å². The Morgan fingerprint density at radius 2 is 2.24 bits per heavy atom. The third-order valence-corrected chi connectivity index (χ3v) is 2.57. The predicted octanol–water partition coefficient (Wildman–Crippen LogP) is 2.72. The lowest BCUT2D eigenvalue weighted by Crippen LogP contribution is -2.18. The van der Waals surface area contributed by atoms with Crippen molar-refractivity contribution in [1.82, 2.24) is 15.5 Å². The molecule has 0 aliphatic rings. The molecule has 0 aliphatic heterocycles. The summed E-state index contributed by atoms with van der Waals surface area (Å²) in [6.45, 7) is 8.14. The summed E-state index contributed by atoms with van der Waals surface area (Å²) in [6.07, 6.45) is 1.85. The van der Waals surface area contributed by atoms with Crippen LogP contribution in [0.5, 0.6) is 0 Å². The first-order valence-corrected chi connectivity index (χ1v) is 5.96. The molecule has 0 saturated carbocycles. The second-order valence-electron chi connectivity index (χ2n) is 4.71. The smallest absolute Gasteiger partial charge is 0.152 e. The highest BCUT2D eigenvalue weighted by Crippen LogP contribution is 2.23. The van der Waals surface area contributed by atoms with Gasteiger partial charge in [0.2, 0.25) is 0 Å². The zero-order chi connectivity index (χ0) is 12.3. The molecule has 0 saturated heterocycles. The van der Waals surface area contributed by atoms with Crippen molar-refractivity contribution in [3.63, 3.8) is 0 Å². The lowest BCUT2D eigenvalue weighted by atomic mass is 10.2. The number of aryl methyl sites for hydroxylation is 1. The van der Waals surface area contributed by atoms with E-state index >= 15 is 0 Å². The van der Waals surface area contributed by atoms with Gasteiger partial charge in [-0.2, -0.15) is 5.10 Å². The summed E-state index contributed by atoms with van der Waals surface area (Å²) < 4.78 is 5.60. The van der Waals surface area contributed by atoms with Gasteiger partial charge in [-0.25, -0.2) is 0 Å². The van der Waals surface area contributed by atoms with Crippen molar-refractivity contribution in [2.24, 2.45) is 5.92 Å². The Balaban J connectivity index is 2.07. The number of aromatic amines is 1. The number of rotatable bonds is 5. The minimum absolute atomic E-state index is 0.649. The average molecular weight is 233 g/mol. The summed E-state index contributed by atoms with van der Waals surface area (Å²) in [6, 6.07) is 3.93. The number of hydrogen-bond acceptors (Lipinski definition) is 3. The fourth-order valence-corrected chi connectivity index (χ4v) is 1.72. The van der Waals surface area contributed by atoms with E-state index in [9.17, 15) is 0 Å². The van der Waals surface area contributed by atoms with E-state index in [-0.39, 0.29) is 0 Å². The Labute approximate surface area is 101 Å². The fraction of sp³-hybridized carbons (Fsp3) is 0.462. The van der Waals surface area contributed by atoms with Crippen LogP contribution in [0.1, 0.15) is 25.2 Å². The van der Waals surface area contributed by atoms with Crippen LogP contribution in [0.15, 0.2) is 22.7 Å². The summed E-state index contributed by atoms with van der Waals surface area (Å²) in [4.78, 5) is 0. The van der Waals surface area contributed by atoms with Gasteiger partial charge in [0.05, 0.1) is 6.20 Å². The number of hydrogen-bond donors (Lipinski definition) is 2. The van der Waals surface area contributed by atoms with Crippen LogP contribution in [0.4, 0.5) is 0 Å². The van der Waals surface area contributed by atoms with E-state index in [2.05, 4.69) is 29.4 Å². The van der Waals surface area contributed by atoms with Crippen molar-refractivity contribution in [3.8, 4) is 11.5 Å². The summed E-state index contributed by atoms with van der Waals surface area (Å²) in [7, 11) is 0. The number of nitrogens with zero attached hydrogens (tertiary/aromatic N) is 1. The van der Waals surface area contributed by atoms with Crippen LogP contribution in [-0.2, 0) is 6.54 Å². The highest BCUT2D eigenvalue weighted by molar-refractivity contribution is 5.56. The van der Waals surface area contributed by atoms with E-state index in [1.165, 1.54) is 0 Å². The van der Waals surface area contributed by atoms with E-state index in [0.717, 1.165) is 35.9 Å². The van der Waals surface area contributed by atoms with Gasteiger partial charge in [0.1, 0.15) is 11.5 Å². The number of furan rings is 1. The highest BCUT2D eigenvalue weighted by atomic mass is 16.3. The number of nitrogens with one attached hydrogen (secondary N) is 2. The van der Waals surface area contributed by atoms with Gasteiger partial charge < -0.3 is 9.73 Å². The van der Waals surface area contributed by atoms with Crippen molar-refractivity contribution >= 4 is 0 Å². The van der Waals surface area contributed by atoms with Gasteiger partial charge in [-0.05, 0) is 31.5 Å². The van der Waals surface area contributed by atoms with Gasteiger partial charge in [-0.3, -0.25) is 5.10 Å². The van der Waals surface area contributed by atoms with Crippen molar-refractivity contribution in [1.29, 1.82) is 0 Å². The quantitative estimate of drug-likeness (QED) is 0.835. The summed E-state index contributed by atoms with van der Waals surface area (Å²) >= 11 is 0. The van der Waals surface area contributed by atoms with E-state index in [1.54, 1.807) is 0 Å². The van der Waals surface area contributed by atoms with Gasteiger partial charge >= 0.3 is 0 Å². The molecule has 0 aliphatic carbocycles. The molecule has 0 radical (unpaired) electrons. The lowest BCUT2D eigenvalue weighted by Gasteiger charge is -2.06. The van der Waals surface area contributed by atoms with Gasteiger partial charge in [-0.1, -0.05) is 13.8 Å². The SMILES string of the molecule is Cc1ccc(-c2[nH]ncc2CNCC(C)C)o1. The zero-order valence-electron chi connectivity index (χ0n) is 10.6. The third-order valence-electron chi connectivity index (χ3n) is 2.57. The number of H-pyrrole nitrogens is 1. The molecule has 4 nitrogen and oxygen atoms in total. The lowest BCUT2D eigenvalue weighted by molar-refractivity contribution is 0.540. The normalized spacial score (nSPS) is 11.3. The molecule has 92 valence electrons. The molecule has 2 heterocycles. The Morgan fingerprint density at radius 3 is 2.88 bits per heavy atom. The first-order chi connectivity index (χ1) is 8.16. The Morgan fingerprint density at radius 1 is 1.41 bits per heavy atom. The molecular weight excluding hydrogens is 214 g/mol. The molecular formula is C13H19N3O. The van der Waals surface area contributed by atoms with Crippen LogP contribution < -0.4 is 5.32 Å². The van der Waals surface area contributed by atoms with Crippen molar-refractivity contribution in [2.45, 2.75) is 27.3 Å². The standard InChI is InChI=1S/C13H19N3O/c1-9(2)6-14-7-11-8-15-16-13(11)12-5-4-10(3)17-12/h4-5,8-9,14H,6-7H2,1-3H3,(H,15,16). The molecule has 17 heavy (non-hydrogen) atoms. The second-order valence-corrected chi connectivity index (χ2v) is 4.71. The monoisotopic (exact) mass is 233 g/mol. The second kappa shape index (κ2) is 5.19. The largest absolute Gasteiger partial charge is 0.460 e. The molecule has 2 aromatic rings. The average Bonchev–Trinajstić information content (AvgIpc) is 2.86. The van der Waals surface area contributed by atoms with Gasteiger partial charge in [0, 0.05) is 12.1 Å². The first kappa shape index (κ1) is 11.9. The maximum absolute atomic E-state index is 5.60. The van der Waals surface area contributed by atoms with Crippen LogP contribution in [0, 0.1) is 12.8 Å². The highest BCUT2D eigenvalue weighted by Gasteiger charge is 2.10. The Bertz CT molecular complexity index is 470. The topological polar surface area (TPSA) is 53.9 Å². The molecule has 0 amide bonds. The molecule has 4 heteroatoms. The van der Waals surface area contributed by atoms with Crippen LogP contribution >= 0.6 is 0 Å². The molecule has 0 unspecified atom stereocenters. The maximum atomic E-state index is 5.60. The van der Waals surface area contributed by atoms with E-state index in [0.29, 0.717) is 5.92 Å². The molecule has 0 fully saturated rings.